The number of fused-ring (bicyclic) bond motifs is 4. The second-order valence-corrected chi connectivity index (χ2v) is 44.0. The van der Waals surface area contributed by atoms with Gasteiger partial charge in [0.15, 0.2) is 5.58 Å². The van der Waals surface area contributed by atoms with E-state index in [4.69, 9.17) is 19.1 Å². The van der Waals surface area contributed by atoms with Crippen LogP contribution in [0.25, 0.3) is 86.8 Å². The van der Waals surface area contributed by atoms with E-state index in [0.29, 0.717) is 68.5 Å². The normalized spacial score (nSPS) is 16.3. The van der Waals surface area contributed by atoms with Gasteiger partial charge in [-0.2, -0.15) is 68.9 Å². The lowest BCUT2D eigenvalue weighted by atomic mass is 9.89. The van der Waals surface area contributed by atoms with Crippen LogP contribution >= 0.6 is 34.0 Å². The van der Waals surface area contributed by atoms with Gasteiger partial charge < -0.3 is 25.1 Å². The van der Waals surface area contributed by atoms with Crippen molar-refractivity contribution < 1.29 is 52.4 Å². The number of furan rings is 1. The van der Waals surface area contributed by atoms with Crippen molar-refractivity contribution in [2.24, 2.45) is 5.92 Å². The molecule has 51 heteroatoms. The van der Waals surface area contributed by atoms with Gasteiger partial charge in [0.1, 0.15) is 40.0 Å². The van der Waals surface area contributed by atoms with Gasteiger partial charge in [0.05, 0.1) is 182 Å². The molecule has 0 unspecified atom stereocenters. The third-order valence-corrected chi connectivity index (χ3v) is 33.2. The van der Waals surface area contributed by atoms with Crippen LogP contribution in [-0.4, -0.2) is 251 Å². The Morgan fingerprint density at radius 2 is 0.828 bits per heavy atom. The molecule has 1 aliphatic carbocycles. The van der Waals surface area contributed by atoms with Gasteiger partial charge in [-0.15, -0.1) is 34.0 Å². The van der Waals surface area contributed by atoms with Gasteiger partial charge in [0.2, 0.25) is 69.8 Å². The van der Waals surface area contributed by atoms with Crippen molar-refractivity contribution >= 4 is 169 Å². The number of rotatable bonds is 30. The lowest BCUT2D eigenvalue weighted by molar-refractivity contribution is -0.117. The molecule has 134 heavy (non-hydrogen) atoms. The fraction of sp³-hybridized carbons (Fsp3) is 0.349. The number of carbonyl (C=O) groups is 2. The smallest absolute Gasteiger partial charge is 0.272 e. The van der Waals surface area contributed by atoms with Gasteiger partial charge in [-0.25, -0.2) is 78.2 Å². The Bertz CT molecular complexity index is 7600. The number of methoxy groups -OCH3 is 1. The molecule has 4 saturated heterocycles. The van der Waals surface area contributed by atoms with Crippen molar-refractivity contribution in [2.75, 3.05) is 110 Å². The Morgan fingerprint density at radius 3 is 1.21 bits per heavy atom. The molecule has 15 aromatic rings. The number of nitrogens with one attached hydrogen (secondary N) is 5. The predicted octanol–water partition coefficient (Wildman–Crippen LogP) is 9.63. The summed E-state index contributed by atoms with van der Waals surface area (Å²) in [7, 11) is -11.9. The molecular formula is C83H84N32O12S7. The summed E-state index contributed by atoms with van der Waals surface area (Å²) >= 11 is 4.51. The quantitative estimate of drug-likeness (QED) is 0.0279. The van der Waals surface area contributed by atoms with Crippen LogP contribution < -0.4 is 21.3 Å². The van der Waals surface area contributed by atoms with E-state index < -0.39 is 62.2 Å². The molecule has 1 aromatic carbocycles. The Kier molecular flexibility index (Phi) is 25.7. The molecule has 0 bridgehead atoms. The zero-order valence-corrected chi connectivity index (χ0v) is 78.0. The molecular weight excluding hydrogens is 1860 g/mol. The van der Waals surface area contributed by atoms with E-state index in [1.807, 2.05) is 70.9 Å². The molecule has 18 heterocycles. The highest BCUT2D eigenvalue weighted by Crippen LogP contribution is 2.44. The average Bonchev–Trinajstić information content (AvgIpc) is 1.44. The lowest BCUT2D eigenvalue weighted by Gasteiger charge is -2.47. The minimum atomic E-state index is -3.35. The Labute approximate surface area is 778 Å². The average molecular weight is 1950 g/mol. The van der Waals surface area contributed by atoms with Crippen LogP contribution in [0.1, 0.15) is 71.0 Å². The third kappa shape index (κ3) is 18.5. The molecule has 14 aromatic heterocycles. The minimum absolute atomic E-state index is 0.00646. The van der Waals surface area contributed by atoms with Gasteiger partial charge in [-0.3, -0.25) is 38.7 Å². The molecule has 1 amide bonds. The first-order valence-corrected chi connectivity index (χ1v) is 50.9. The number of nitriles is 4. The van der Waals surface area contributed by atoms with Crippen LogP contribution in [-0.2, 0) is 71.8 Å². The van der Waals surface area contributed by atoms with Crippen LogP contribution in [0.3, 0.4) is 0 Å². The summed E-state index contributed by atoms with van der Waals surface area (Å²) in [5.41, 5.74) is 8.12. The Hall–Kier alpha value is -13.7. The molecule has 1 saturated carbocycles. The van der Waals surface area contributed by atoms with Gasteiger partial charge in [-0.05, 0) is 87.0 Å². The van der Waals surface area contributed by atoms with Crippen molar-refractivity contribution in [3.8, 4) is 69.3 Å². The van der Waals surface area contributed by atoms with Crippen LogP contribution in [0.2, 0.25) is 0 Å². The van der Waals surface area contributed by atoms with E-state index in [9.17, 15) is 64.3 Å². The maximum Gasteiger partial charge on any atom is 0.272 e. The largest absolute Gasteiger partial charge is 0.460 e. The number of nitrogens with zero attached hydrogens (tertiary/aromatic N) is 27. The predicted molar refractivity (Wildman–Crippen MR) is 497 cm³/mol. The zero-order valence-electron chi connectivity index (χ0n) is 72.3. The number of ether oxygens (including phenoxy) is 1. The highest BCUT2D eigenvalue weighted by molar-refractivity contribution is 7.89. The first-order valence-electron chi connectivity index (χ1n) is 41.9. The van der Waals surface area contributed by atoms with Gasteiger partial charge in [0.25, 0.3) is 5.91 Å². The summed E-state index contributed by atoms with van der Waals surface area (Å²) in [6.45, 7) is 7.99. The van der Waals surface area contributed by atoms with Crippen LogP contribution in [0.5, 0.6) is 0 Å². The lowest BCUT2D eigenvalue weighted by Crippen LogP contribution is -2.64. The summed E-state index contributed by atoms with van der Waals surface area (Å²) in [6, 6.07) is 25.7. The molecule has 0 spiro atoms. The van der Waals surface area contributed by atoms with Crippen molar-refractivity contribution in [3.05, 3.63) is 151 Å². The topological polar surface area (TPSA) is 570 Å². The Balaban J connectivity index is 0.000000125. The monoisotopic (exact) mass is 1940 g/mol. The SMILES string of the molecule is CCS(=O)(=O)N1CC(CC#N)(n2cc(-c3nc(NC(=O)C4CC4)nc4ccsc34)cn2)C1.CCS(=O)(=O)N1CC(CC#N)(n2cc(-c3nc(Nc4ccccc4)nc4ccoc34)cn2)C1.CCS(=O)(=O)N1CC(CC#N)(n2cc(-c3nc(Nc4cn[nH]c4)nc4ccsc34)cn2)C1.CCS(=O)(=O)N1CC(CC#N)(n2cc(-c3nc(Nc4cnn(C(=O)COC)c4)nc4ccsc34)cn2)C1. The van der Waals surface area contributed by atoms with E-state index in [1.165, 1.54) is 75.4 Å². The molecule has 5 aliphatic rings. The zero-order chi connectivity index (χ0) is 94.1. The number of anilines is 7. The number of hydrogen-bond donors (Lipinski definition) is 5. The summed E-state index contributed by atoms with van der Waals surface area (Å²) in [6.07, 6.45) is 24.1. The maximum atomic E-state index is 12.3. The summed E-state index contributed by atoms with van der Waals surface area (Å²) in [4.78, 5) is 60.9. The van der Waals surface area contributed by atoms with Crippen molar-refractivity contribution in [3.63, 3.8) is 0 Å². The van der Waals surface area contributed by atoms with E-state index in [1.54, 1.807) is 115 Å². The first kappa shape index (κ1) is 92.2. The molecule has 4 aliphatic heterocycles. The van der Waals surface area contributed by atoms with Gasteiger partial charge >= 0.3 is 0 Å². The van der Waals surface area contributed by atoms with Crippen molar-refractivity contribution in [2.45, 2.75) is 88.4 Å². The third-order valence-electron chi connectivity index (χ3n) is 23.3. The highest BCUT2D eigenvalue weighted by Gasteiger charge is 2.54. The molecule has 20 rings (SSSR count). The molecule has 5 fully saturated rings. The van der Waals surface area contributed by atoms with E-state index in [-0.39, 0.29) is 131 Å². The number of hydrogen-bond acceptors (Lipinski definition) is 36. The van der Waals surface area contributed by atoms with Gasteiger partial charge in [-0.1, -0.05) is 18.2 Å². The molecule has 690 valence electrons. The van der Waals surface area contributed by atoms with E-state index >= 15 is 0 Å². The second kappa shape index (κ2) is 37.4. The number of carbonyl (C=O) groups excluding carboxylic acids is 2. The number of aromatic amines is 1. The molecule has 0 atom stereocenters. The maximum absolute atomic E-state index is 12.3. The number of amides is 1. The molecule has 0 radical (unpaired) electrons. The fourth-order valence-corrected chi connectivity index (χ4v) is 23.2. The number of thiophene rings is 3. The van der Waals surface area contributed by atoms with Crippen LogP contribution in [0, 0.1) is 51.2 Å². The van der Waals surface area contributed by atoms with Crippen molar-refractivity contribution in [1.82, 2.24) is 116 Å². The van der Waals surface area contributed by atoms with Crippen molar-refractivity contribution in [1.29, 1.82) is 21.0 Å². The standard InChI is InChI=1S/C22H23N9O4S2.C22H21N7O3S.C20H21N7O3S2.C19H19N9O2S2/c1-3-37(33,34)29-13-22(14-29,5-6-23)31-10-15(8-25-31)19-20-17(4-7-36-20)27-21(28-19)26-16-9-24-30(11-16)18(32)12-35-2;1-2-33(30,31)28-14-22(15-28,9-10-23)29-13-16(12-24-29)19-20-18(8-11-32-20)26-21(27-19)25-17-6-4-3-5-7-17;1-2-32(29,30)26-11-20(12-26,6-7-21)27-10-14(9-22-27)16-17-15(5-8-31-17)23-19(24-16)25-18(28)13-3-4-13;1-2-32(29,30)27-11-19(12-27,4-5-20)28-10-13(7-23-28)16-17-15(3-6-31-17)25-18(26-16)24-14-8-21-22-9-14/h4,7-11H,3,5,12-14H2,1-2H3,(H,26,27,28);3-8,11-13H,2,9,14-15H2,1H3,(H,25,26,27);5,8-10,13H,2-4,6,11-12H2,1H3,(H,23,24,25,28);3,6-10H,2,4,11-12H2,1H3,(H,21,22)(H,24,25,26). The number of H-pyrrole nitrogens is 1. The summed E-state index contributed by atoms with van der Waals surface area (Å²) < 4.78 is 124. The second-order valence-electron chi connectivity index (χ2n) is 32.2. The first-order chi connectivity index (χ1) is 64.5. The van der Waals surface area contributed by atoms with E-state index in [2.05, 4.69) is 111 Å². The van der Waals surface area contributed by atoms with Crippen LogP contribution in [0.15, 0.2) is 156 Å². The minimum Gasteiger partial charge on any atom is -0.460 e. The highest BCUT2D eigenvalue weighted by atomic mass is 32.2. The summed E-state index contributed by atoms with van der Waals surface area (Å²) in [5, 5.41) is 84.2. The number of benzene rings is 1. The number of sulfonamides is 4. The molecule has 44 nitrogen and oxygen atoms in total. The fourth-order valence-electron chi connectivity index (χ4n) is 15.7. The Morgan fingerprint density at radius 1 is 0.455 bits per heavy atom. The van der Waals surface area contributed by atoms with E-state index in [0.717, 1.165) is 66.0 Å². The van der Waals surface area contributed by atoms with Gasteiger partial charge in [0, 0.05) is 130 Å². The number of para-hydroxylation sites is 1. The van der Waals surface area contributed by atoms with Crippen LogP contribution in [0.4, 0.5) is 40.9 Å². The number of aromatic nitrogens is 20. The molecule has 5 N–H and O–H groups in total. The summed E-state index contributed by atoms with van der Waals surface area (Å²) in [5.74, 6) is 1.14.